The van der Waals surface area contributed by atoms with E-state index in [4.69, 9.17) is 33.2 Å². The van der Waals surface area contributed by atoms with Crippen molar-refractivity contribution in [2.75, 3.05) is 17.7 Å². The second-order valence-corrected chi connectivity index (χ2v) is 11.1. The quantitative estimate of drug-likeness (QED) is 0.238. The van der Waals surface area contributed by atoms with Gasteiger partial charge in [0.1, 0.15) is 6.10 Å². The van der Waals surface area contributed by atoms with Crippen LogP contribution in [0.4, 0.5) is 5.82 Å². The van der Waals surface area contributed by atoms with E-state index in [9.17, 15) is 15.3 Å². The lowest BCUT2D eigenvalue weighted by Crippen LogP contribution is -2.30. The molecule has 2 aromatic heterocycles. The molecule has 0 aliphatic heterocycles. The number of hydrogen-bond acceptors (Lipinski definition) is 9. The first-order valence-corrected chi connectivity index (χ1v) is 13.6. The summed E-state index contributed by atoms with van der Waals surface area (Å²) >= 11 is 13.8. The molecule has 0 saturated heterocycles. The molecule has 2 saturated carbocycles. The van der Waals surface area contributed by atoms with Gasteiger partial charge in [-0.1, -0.05) is 53.2 Å². The normalized spacial score (nSPS) is 28.1. The smallest absolute Gasteiger partial charge is 0.191 e. The van der Waals surface area contributed by atoms with Crippen LogP contribution in [0, 0.1) is 5.92 Å². The maximum absolute atomic E-state index is 10.7. The van der Waals surface area contributed by atoms with E-state index < -0.39 is 18.2 Å². The molecule has 2 fully saturated rings. The highest BCUT2D eigenvalue weighted by atomic mass is 35.5. The zero-order valence-electron chi connectivity index (χ0n) is 19.2. The monoisotopic (exact) mass is 538 g/mol. The van der Waals surface area contributed by atoms with Gasteiger partial charge in [-0.25, -0.2) is 14.6 Å². The van der Waals surface area contributed by atoms with Crippen molar-refractivity contribution < 1.29 is 15.3 Å². The number of rotatable bonds is 9. The fourth-order valence-corrected chi connectivity index (χ4v) is 5.83. The largest absolute Gasteiger partial charge is 0.396 e. The van der Waals surface area contributed by atoms with Gasteiger partial charge in [0.05, 0.1) is 22.2 Å². The number of aromatic nitrogens is 5. The zero-order chi connectivity index (χ0) is 24.7. The first-order chi connectivity index (χ1) is 16.9. The van der Waals surface area contributed by atoms with Crippen LogP contribution in [0.5, 0.6) is 0 Å². The van der Waals surface area contributed by atoms with Crippen molar-refractivity contribution >= 4 is 51.9 Å². The van der Waals surface area contributed by atoms with Gasteiger partial charge in [-0.15, -0.1) is 5.10 Å². The third-order valence-corrected chi connectivity index (χ3v) is 8.60. The molecule has 0 radical (unpaired) electrons. The summed E-state index contributed by atoms with van der Waals surface area (Å²) in [5, 5.41) is 44.4. The molecule has 0 amide bonds. The van der Waals surface area contributed by atoms with Crippen LogP contribution in [-0.4, -0.2) is 70.9 Å². The SMILES string of the molecule is CCCSc1nc(NC2CC2c2ccc(Cl)c(Cl)c2)c2nnn(C3CC(CCO)C(O)C3O)c2n1. The fraction of sp³-hybridized carbons (Fsp3) is 0.565. The summed E-state index contributed by atoms with van der Waals surface area (Å²) in [6.07, 6.45) is 0.845. The molecule has 0 bridgehead atoms. The molecule has 188 valence electrons. The molecule has 1 aromatic carbocycles. The summed E-state index contributed by atoms with van der Waals surface area (Å²) in [4.78, 5) is 9.44. The van der Waals surface area contributed by atoms with Crippen LogP contribution < -0.4 is 5.32 Å². The van der Waals surface area contributed by atoms with E-state index in [2.05, 4.69) is 22.6 Å². The highest BCUT2D eigenvalue weighted by Gasteiger charge is 2.44. The molecule has 2 heterocycles. The number of aliphatic hydroxyl groups excluding tert-OH is 3. The van der Waals surface area contributed by atoms with Crippen LogP contribution >= 0.6 is 35.0 Å². The van der Waals surface area contributed by atoms with Crippen molar-refractivity contribution in [3.05, 3.63) is 33.8 Å². The van der Waals surface area contributed by atoms with Crippen LogP contribution in [-0.2, 0) is 0 Å². The summed E-state index contributed by atoms with van der Waals surface area (Å²) < 4.78 is 1.60. The second kappa shape index (κ2) is 10.4. The van der Waals surface area contributed by atoms with Gasteiger partial charge in [0.15, 0.2) is 22.1 Å². The number of benzene rings is 1. The zero-order valence-corrected chi connectivity index (χ0v) is 21.5. The van der Waals surface area contributed by atoms with Crippen LogP contribution in [0.25, 0.3) is 11.2 Å². The molecule has 0 spiro atoms. The van der Waals surface area contributed by atoms with Gasteiger partial charge < -0.3 is 20.6 Å². The van der Waals surface area contributed by atoms with Crippen molar-refractivity contribution in [1.29, 1.82) is 0 Å². The van der Waals surface area contributed by atoms with Crippen molar-refractivity contribution in [2.45, 2.75) is 68.0 Å². The number of hydrogen-bond donors (Lipinski definition) is 4. The second-order valence-electron chi connectivity index (χ2n) is 9.23. The average molecular weight is 539 g/mol. The molecule has 5 rings (SSSR count). The first-order valence-electron chi connectivity index (χ1n) is 11.9. The Kier molecular flexibility index (Phi) is 7.39. The van der Waals surface area contributed by atoms with E-state index in [-0.39, 0.29) is 24.5 Å². The van der Waals surface area contributed by atoms with Crippen molar-refractivity contribution in [3.63, 3.8) is 0 Å². The van der Waals surface area contributed by atoms with Crippen LogP contribution in [0.3, 0.4) is 0 Å². The lowest BCUT2D eigenvalue weighted by molar-refractivity contribution is 0.00107. The van der Waals surface area contributed by atoms with Gasteiger partial charge in [-0.3, -0.25) is 0 Å². The third kappa shape index (κ3) is 4.97. The van der Waals surface area contributed by atoms with Gasteiger partial charge in [0.2, 0.25) is 0 Å². The maximum atomic E-state index is 10.7. The Morgan fingerprint density at radius 1 is 1.14 bits per heavy atom. The lowest BCUT2D eigenvalue weighted by Gasteiger charge is -2.17. The molecule has 4 N–H and O–H groups in total. The van der Waals surface area contributed by atoms with E-state index in [1.165, 1.54) is 0 Å². The minimum atomic E-state index is -1.02. The fourth-order valence-electron chi connectivity index (χ4n) is 4.83. The Labute approximate surface area is 217 Å². The predicted molar refractivity (Wildman–Crippen MR) is 136 cm³/mol. The molecule has 2 aliphatic rings. The maximum Gasteiger partial charge on any atom is 0.191 e. The van der Waals surface area contributed by atoms with E-state index in [1.807, 2.05) is 18.2 Å². The Hall–Kier alpha value is -1.69. The predicted octanol–water partition coefficient (Wildman–Crippen LogP) is 3.66. The van der Waals surface area contributed by atoms with E-state index in [0.717, 1.165) is 24.2 Å². The average Bonchev–Trinajstić information content (AvgIpc) is 3.39. The van der Waals surface area contributed by atoms with Crippen LogP contribution in [0.1, 0.15) is 50.1 Å². The third-order valence-electron chi connectivity index (χ3n) is 6.81. The molecule has 3 aromatic rings. The number of aliphatic hydroxyl groups is 3. The number of halogens is 2. The van der Waals surface area contributed by atoms with E-state index in [1.54, 1.807) is 16.4 Å². The van der Waals surface area contributed by atoms with Crippen LogP contribution in [0.2, 0.25) is 10.0 Å². The number of thioether (sulfide) groups is 1. The number of anilines is 1. The molecule has 35 heavy (non-hydrogen) atoms. The molecular weight excluding hydrogens is 511 g/mol. The lowest BCUT2D eigenvalue weighted by atomic mass is 10.0. The first kappa shape index (κ1) is 25.0. The Morgan fingerprint density at radius 3 is 2.71 bits per heavy atom. The summed E-state index contributed by atoms with van der Waals surface area (Å²) in [5.41, 5.74) is 2.16. The van der Waals surface area contributed by atoms with Gasteiger partial charge in [0.25, 0.3) is 0 Å². The number of fused-ring (bicyclic) bond motifs is 1. The molecule has 12 heteroatoms. The standard InChI is InChI=1S/C23H28Cl2N6O3S/c1-2-7-35-23-27-21(26-16-10-13(16)11-3-4-14(24)15(25)8-11)18-22(28-23)31(30-29-18)17-9-12(5-6-32)19(33)20(17)34/h3-4,8,12-13,16-17,19-20,32-34H,2,5-7,9-10H2,1H3,(H,26,27,28). The molecule has 9 nitrogen and oxygen atoms in total. The Bertz CT molecular complexity index is 1210. The van der Waals surface area contributed by atoms with Gasteiger partial charge >= 0.3 is 0 Å². The van der Waals surface area contributed by atoms with Crippen molar-refractivity contribution in [1.82, 2.24) is 25.0 Å². The van der Waals surface area contributed by atoms with Gasteiger partial charge in [0, 0.05) is 24.3 Å². The summed E-state index contributed by atoms with van der Waals surface area (Å²) in [5.74, 6) is 1.53. The van der Waals surface area contributed by atoms with Crippen LogP contribution in [0.15, 0.2) is 23.4 Å². The Balaban J connectivity index is 1.44. The summed E-state index contributed by atoms with van der Waals surface area (Å²) in [6, 6.07) is 5.38. The molecule has 2 aliphatic carbocycles. The molecule has 6 atom stereocenters. The van der Waals surface area contributed by atoms with E-state index >= 15 is 0 Å². The van der Waals surface area contributed by atoms with Gasteiger partial charge in [-0.2, -0.15) is 0 Å². The minimum absolute atomic E-state index is 0.0469. The van der Waals surface area contributed by atoms with Crippen molar-refractivity contribution in [3.8, 4) is 0 Å². The van der Waals surface area contributed by atoms with Gasteiger partial charge in [-0.05, 0) is 49.3 Å². The molecular formula is C23H28Cl2N6O3S. The Morgan fingerprint density at radius 2 is 1.97 bits per heavy atom. The summed E-state index contributed by atoms with van der Waals surface area (Å²) in [6.45, 7) is 2.05. The number of nitrogens with zero attached hydrogens (tertiary/aromatic N) is 5. The van der Waals surface area contributed by atoms with Crippen molar-refractivity contribution in [2.24, 2.45) is 5.92 Å². The highest BCUT2D eigenvalue weighted by Crippen LogP contribution is 2.45. The minimum Gasteiger partial charge on any atom is -0.396 e. The summed E-state index contributed by atoms with van der Waals surface area (Å²) in [7, 11) is 0. The van der Waals surface area contributed by atoms with E-state index in [0.29, 0.717) is 45.0 Å². The topological polar surface area (TPSA) is 129 Å². The highest BCUT2D eigenvalue weighted by molar-refractivity contribution is 7.99. The molecule has 6 unspecified atom stereocenters. The number of nitrogens with one attached hydrogen (secondary N) is 1.